The Morgan fingerprint density at radius 1 is 1.58 bits per heavy atom. The van der Waals surface area contributed by atoms with Crippen molar-refractivity contribution in [2.45, 2.75) is 6.61 Å². The van der Waals surface area contributed by atoms with E-state index < -0.39 is 4.92 Å². The minimum Gasteiger partial charge on any atom is -0.480 e. The molecule has 0 atom stereocenters. The van der Waals surface area contributed by atoms with Crippen LogP contribution in [0.4, 0.5) is 10.7 Å². The molecule has 2 rings (SSSR count). The summed E-state index contributed by atoms with van der Waals surface area (Å²) >= 11 is 6.99. The van der Waals surface area contributed by atoms with E-state index in [4.69, 9.17) is 16.3 Å². The quantitative estimate of drug-likeness (QED) is 0.674. The number of hydrogen-bond donors (Lipinski definition) is 1. The predicted octanol–water partition coefficient (Wildman–Crippen LogP) is 2.72. The standard InChI is InChI=1S/C10H9ClN4O3S/c1-12-10-7(13-14-19-10)5-18-9-4-6(11)2-3-8(9)15(16)17/h2-4,12H,5H2,1H3. The van der Waals surface area contributed by atoms with E-state index >= 15 is 0 Å². The molecule has 0 radical (unpaired) electrons. The lowest BCUT2D eigenvalue weighted by Gasteiger charge is -2.06. The van der Waals surface area contributed by atoms with Gasteiger partial charge in [-0.3, -0.25) is 10.1 Å². The Labute approximate surface area is 117 Å². The van der Waals surface area contributed by atoms with E-state index in [9.17, 15) is 10.1 Å². The average Bonchev–Trinajstić information content (AvgIpc) is 2.83. The molecule has 1 aromatic carbocycles. The Hall–Kier alpha value is -1.93. The van der Waals surface area contributed by atoms with Gasteiger partial charge in [-0.15, -0.1) is 5.10 Å². The summed E-state index contributed by atoms with van der Waals surface area (Å²) in [5.41, 5.74) is 0.445. The smallest absolute Gasteiger partial charge is 0.311 e. The molecule has 2 aromatic rings. The number of ether oxygens (including phenoxy) is 1. The van der Waals surface area contributed by atoms with Crippen LogP contribution in [0.3, 0.4) is 0 Å². The summed E-state index contributed by atoms with van der Waals surface area (Å²) in [5.74, 6) is 0.104. The molecule has 1 aromatic heterocycles. The topological polar surface area (TPSA) is 90.2 Å². The Morgan fingerprint density at radius 2 is 2.37 bits per heavy atom. The molecule has 0 aliphatic rings. The SMILES string of the molecule is CNc1snnc1COc1cc(Cl)ccc1[N+](=O)[O-]. The molecule has 0 aliphatic carbocycles. The van der Waals surface area contributed by atoms with E-state index in [0.29, 0.717) is 10.7 Å². The van der Waals surface area contributed by atoms with Crippen LogP contribution in [-0.4, -0.2) is 21.6 Å². The van der Waals surface area contributed by atoms with Crippen LogP contribution in [0.5, 0.6) is 5.75 Å². The maximum atomic E-state index is 10.9. The van der Waals surface area contributed by atoms with Crippen LogP contribution in [0.15, 0.2) is 18.2 Å². The Morgan fingerprint density at radius 3 is 3.05 bits per heavy atom. The van der Waals surface area contributed by atoms with Crippen molar-refractivity contribution >= 4 is 33.8 Å². The summed E-state index contributed by atoms with van der Waals surface area (Å²) in [5, 5.41) is 18.8. The highest BCUT2D eigenvalue weighted by atomic mass is 35.5. The number of nitrogens with one attached hydrogen (secondary N) is 1. The van der Waals surface area contributed by atoms with Crippen molar-refractivity contribution in [1.82, 2.24) is 9.59 Å². The van der Waals surface area contributed by atoms with Crippen molar-refractivity contribution in [3.8, 4) is 5.75 Å². The summed E-state index contributed by atoms with van der Waals surface area (Å²) in [6, 6.07) is 4.14. The summed E-state index contributed by atoms with van der Waals surface area (Å²) in [4.78, 5) is 10.3. The van der Waals surface area contributed by atoms with Gasteiger partial charge in [0.2, 0.25) is 0 Å². The monoisotopic (exact) mass is 300 g/mol. The van der Waals surface area contributed by atoms with E-state index in [0.717, 1.165) is 5.00 Å². The molecule has 1 heterocycles. The minimum absolute atomic E-state index is 0.0772. The number of benzene rings is 1. The second-order valence-electron chi connectivity index (χ2n) is 3.46. The largest absolute Gasteiger partial charge is 0.480 e. The number of nitro groups is 1. The number of aromatic nitrogens is 2. The van der Waals surface area contributed by atoms with Crippen LogP contribution in [0.25, 0.3) is 0 Å². The highest BCUT2D eigenvalue weighted by Crippen LogP contribution is 2.31. The number of nitrogens with zero attached hydrogens (tertiary/aromatic N) is 3. The van der Waals surface area contributed by atoms with Gasteiger partial charge >= 0.3 is 5.69 Å². The van der Waals surface area contributed by atoms with Crippen LogP contribution in [0.2, 0.25) is 5.02 Å². The van der Waals surface area contributed by atoms with Crippen molar-refractivity contribution in [2.75, 3.05) is 12.4 Å². The number of anilines is 1. The second kappa shape index (κ2) is 5.81. The molecule has 0 saturated heterocycles. The third kappa shape index (κ3) is 3.09. The zero-order chi connectivity index (χ0) is 13.8. The highest BCUT2D eigenvalue weighted by Gasteiger charge is 2.16. The molecule has 19 heavy (non-hydrogen) atoms. The average molecular weight is 301 g/mol. The first-order valence-corrected chi connectivity index (χ1v) is 6.32. The lowest BCUT2D eigenvalue weighted by atomic mass is 10.3. The van der Waals surface area contributed by atoms with Gasteiger partial charge in [-0.25, -0.2) is 0 Å². The van der Waals surface area contributed by atoms with Crippen molar-refractivity contribution < 1.29 is 9.66 Å². The van der Waals surface area contributed by atoms with Gasteiger partial charge in [0.25, 0.3) is 0 Å². The lowest BCUT2D eigenvalue weighted by Crippen LogP contribution is -2.01. The zero-order valence-electron chi connectivity index (χ0n) is 9.79. The minimum atomic E-state index is -0.524. The molecule has 0 unspecified atom stereocenters. The third-order valence-electron chi connectivity index (χ3n) is 2.27. The van der Waals surface area contributed by atoms with Gasteiger partial charge in [0, 0.05) is 35.7 Å². The molecular formula is C10H9ClN4O3S. The number of rotatable bonds is 5. The van der Waals surface area contributed by atoms with E-state index in [-0.39, 0.29) is 18.0 Å². The van der Waals surface area contributed by atoms with Crippen LogP contribution >= 0.6 is 23.1 Å². The van der Waals surface area contributed by atoms with Crippen molar-refractivity contribution in [1.29, 1.82) is 0 Å². The van der Waals surface area contributed by atoms with Gasteiger partial charge in [0.15, 0.2) is 5.75 Å². The highest BCUT2D eigenvalue weighted by molar-refractivity contribution is 7.10. The summed E-state index contributed by atoms with van der Waals surface area (Å²) in [6.45, 7) is 0.0772. The fourth-order valence-electron chi connectivity index (χ4n) is 1.39. The number of nitro benzene ring substituents is 1. The normalized spacial score (nSPS) is 10.2. The maximum absolute atomic E-state index is 10.9. The molecule has 100 valence electrons. The first-order chi connectivity index (χ1) is 9.11. The molecule has 9 heteroatoms. The number of halogens is 1. The molecule has 0 spiro atoms. The molecule has 0 saturated carbocycles. The molecule has 0 amide bonds. The summed E-state index contributed by atoms with van der Waals surface area (Å²) in [7, 11) is 1.74. The van der Waals surface area contributed by atoms with Gasteiger partial charge in [0.05, 0.1) is 4.92 Å². The van der Waals surface area contributed by atoms with Gasteiger partial charge in [-0.05, 0) is 6.07 Å². The first-order valence-electron chi connectivity index (χ1n) is 5.17. The van der Waals surface area contributed by atoms with E-state index in [1.54, 1.807) is 7.05 Å². The van der Waals surface area contributed by atoms with Crippen molar-refractivity contribution in [3.63, 3.8) is 0 Å². The zero-order valence-corrected chi connectivity index (χ0v) is 11.4. The molecule has 0 fully saturated rings. The van der Waals surface area contributed by atoms with Gasteiger partial charge in [-0.2, -0.15) is 0 Å². The Bertz CT molecular complexity index is 604. The first kappa shape index (κ1) is 13.5. The van der Waals surface area contributed by atoms with Crippen LogP contribution in [0, 0.1) is 10.1 Å². The summed E-state index contributed by atoms with van der Waals surface area (Å²) < 4.78 is 9.17. The van der Waals surface area contributed by atoms with Gasteiger partial charge in [0.1, 0.15) is 17.3 Å². The van der Waals surface area contributed by atoms with E-state index in [2.05, 4.69) is 14.9 Å². The fourth-order valence-corrected chi connectivity index (χ4v) is 2.07. The molecule has 7 nitrogen and oxygen atoms in total. The molecule has 0 aliphatic heterocycles. The fraction of sp³-hybridized carbons (Fsp3) is 0.200. The number of hydrogen-bond acceptors (Lipinski definition) is 7. The second-order valence-corrected chi connectivity index (χ2v) is 4.65. The Kier molecular flexibility index (Phi) is 4.13. The van der Waals surface area contributed by atoms with Crippen molar-refractivity contribution in [2.24, 2.45) is 0 Å². The molecule has 0 bridgehead atoms. The molecular weight excluding hydrogens is 292 g/mol. The van der Waals surface area contributed by atoms with Gasteiger partial charge < -0.3 is 10.1 Å². The van der Waals surface area contributed by atoms with Crippen molar-refractivity contribution in [3.05, 3.63) is 39.0 Å². The predicted molar refractivity (Wildman–Crippen MR) is 71.9 cm³/mol. The van der Waals surface area contributed by atoms with E-state index in [1.807, 2.05) is 0 Å². The van der Waals surface area contributed by atoms with Crippen LogP contribution in [-0.2, 0) is 6.61 Å². The summed E-state index contributed by atoms with van der Waals surface area (Å²) in [6.07, 6.45) is 0. The van der Waals surface area contributed by atoms with Crippen LogP contribution < -0.4 is 10.1 Å². The third-order valence-corrected chi connectivity index (χ3v) is 3.29. The van der Waals surface area contributed by atoms with Crippen LogP contribution in [0.1, 0.15) is 5.69 Å². The lowest BCUT2D eigenvalue weighted by molar-refractivity contribution is -0.385. The Balaban J connectivity index is 2.19. The molecule has 1 N–H and O–H groups in total. The maximum Gasteiger partial charge on any atom is 0.311 e. The van der Waals surface area contributed by atoms with E-state index in [1.165, 1.54) is 29.7 Å². The van der Waals surface area contributed by atoms with Gasteiger partial charge in [-0.1, -0.05) is 16.1 Å².